The molecule has 0 N–H and O–H groups in total. The number of amides is 1. The fourth-order valence-corrected chi connectivity index (χ4v) is 3.95. The summed E-state index contributed by atoms with van der Waals surface area (Å²) >= 11 is 0. The highest BCUT2D eigenvalue weighted by Crippen LogP contribution is 2.34. The van der Waals surface area contributed by atoms with E-state index < -0.39 is 0 Å². The van der Waals surface area contributed by atoms with Crippen LogP contribution in [0.4, 0.5) is 5.88 Å². The van der Waals surface area contributed by atoms with E-state index in [-0.39, 0.29) is 11.8 Å². The molecule has 0 spiro atoms. The molecule has 2 heterocycles. The third kappa shape index (κ3) is 5.42. The van der Waals surface area contributed by atoms with Crippen LogP contribution in [0.5, 0.6) is 0 Å². The quantitative estimate of drug-likeness (QED) is 0.562. The Bertz CT molecular complexity index is 795. The smallest absolute Gasteiger partial charge is 0.232 e. The van der Waals surface area contributed by atoms with E-state index in [4.69, 9.17) is 9.26 Å². The van der Waals surface area contributed by atoms with Crippen molar-refractivity contribution < 1.29 is 14.1 Å². The van der Waals surface area contributed by atoms with Crippen molar-refractivity contribution in [1.29, 1.82) is 0 Å². The van der Waals surface area contributed by atoms with Crippen molar-refractivity contribution in [2.45, 2.75) is 46.6 Å². The lowest BCUT2D eigenvalue weighted by molar-refractivity contribution is -0.135. The molecule has 6 heteroatoms. The van der Waals surface area contributed by atoms with Crippen LogP contribution < -0.4 is 4.90 Å². The van der Waals surface area contributed by atoms with Crippen LogP contribution in [0.2, 0.25) is 0 Å². The molecule has 2 aromatic rings. The molecule has 164 valence electrons. The molecule has 0 atom stereocenters. The van der Waals surface area contributed by atoms with Crippen LogP contribution >= 0.6 is 0 Å². The maximum Gasteiger partial charge on any atom is 0.232 e. The molecule has 0 bridgehead atoms. The monoisotopic (exact) mass is 413 g/mol. The topological polar surface area (TPSA) is 58.8 Å². The third-order valence-electron chi connectivity index (χ3n) is 5.82. The lowest BCUT2D eigenvalue weighted by atomic mass is 9.98. The number of hydrogen-bond acceptors (Lipinski definition) is 5. The Kier molecular flexibility index (Phi) is 7.91. The van der Waals surface area contributed by atoms with Crippen LogP contribution in [-0.4, -0.2) is 49.3 Å². The fraction of sp³-hybridized carbons (Fsp3) is 0.583. The molecular weight excluding hydrogens is 378 g/mol. The first-order chi connectivity index (χ1) is 14.5. The predicted molar refractivity (Wildman–Crippen MR) is 119 cm³/mol. The summed E-state index contributed by atoms with van der Waals surface area (Å²) in [6.45, 7) is 9.89. The van der Waals surface area contributed by atoms with E-state index in [1.54, 1.807) is 7.11 Å². The zero-order chi connectivity index (χ0) is 21.5. The molecule has 0 unspecified atom stereocenters. The van der Waals surface area contributed by atoms with Gasteiger partial charge in [-0.25, -0.2) is 0 Å². The molecule has 0 saturated carbocycles. The van der Waals surface area contributed by atoms with Crippen molar-refractivity contribution in [3.05, 3.63) is 35.9 Å². The summed E-state index contributed by atoms with van der Waals surface area (Å²) in [4.78, 5) is 17.2. The second kappa shape index (κ2) is 10.6. The molecule has 1 amide bonds. The Morgan fingerprint density at radius 2 is 1.97 bits per heavy atom. The van der Waals surface area contributed by atoms with E-state index in [2.05, 4.69) is 17.0 Å². The molecular formula is C24H35N3O3. The van der Waals surface area contributed by atoms with Crippen molar-refractivity contribution in [1.82, 2.24) is 10.1 Å². The Morgan fingerprint density at radius 3 is 2.60 bits per heavy atom. The van der Waals surface area contributed by atoms with Gasteiger partial charge in [-0.2, -0.15) is 0 Å². The van der Waals surface area contributed by atoms with Crippen molar-refractivity contribution in [3.8, 4) is 11.3 Å². The average molecular weight is 414 g/mol. The van der Waals surface area contributed by atoms with Gasteiger partial charge in [0, 0.05) is 44.8 Å². The molecule has 1 fully saturated rings. The summed E-state index contributed by atoms with van der Waals surface area (Å²) in [7, 11) is 1.69. The number of methoxy groups -OCH3 is 1. The van der Waals surface area contributed by atoms with E-state index in [0.29, 0.717) is 19.7 Å². The average Bonchev–Trinajstić information content (AvgIpc) is 3.17. The molecule has 1 aliphatic rings. The first kappa shape index (κ1) is 22.3. The van der Waals surface area contributed by atoms with Crippen LogP contribution in [0.3, 0.4) is 0 Å². The van der Waals surface area contributed by atoms with Gasteiger partial charge in [-0.1, -0.05) is 56.3 Å². The molecule has 30 heavy (non-hydrogen) atoms. The summed E-state index contributed by atoms with van der Waals surface area (Å²) in [6, 6.07) is 10.1. The molecule has 0 radical (unpaired) electrons. The van der Waals surface area contributed by atoms with E-state index >= 15 is 0 Å². The molecule has 1 aliphatic heterocycles. The molecule has 1 aromatic heterocycles. The summed E-state index contributed by atoms with van der Waals surface area (Å²) in [5, 5.41) is 4.45. The van der Waals surface area contributed by atoms with Crippen LogP contribution in [0.1, 0.15) is 45.6 Å². The lowest BCUT2D eigenvalue weighted by Gasteiger charge is -2.31. The number of anilines is 1. The maximum absolute atomic E-state index is 13.0. The summed E-state index contributed by atoms with van der Waals surface area (Å²) in [5.41, 5.74) is 2.85. The van der Waals surface area contributed by atoms with Crippen LogP contribution in [0.15, 0.2) is 34.9 Å². The van der Waals surface area contributed by atoms with Crippen LogP contribution in [0, 0.1) is 11.8 Å². The highest BCUT2D eigenvalue weighted by atomic mass is 16.5. The Balaban J connectivity index is 1.94. The van der Waals surface area contributed by atoms with Gasteiger partial charge in [0.15, 0.2) is 0 Å². The Hall–Kier alpha value is -2.34. The van der Waals surface area contributed by atoms with E-state index in [1.165, 1.54) is 0 Å². The highest BCUT2D eigenvalue weighted by molar-refractivity contribution is 5.79. The number of carbonyl (C=O) groups excluding carboxylic acids is 1. The number of carbonyl (C=O) groups is 1. The Labute approximate surface area is 180 Å². The van der Waals surface area contributed by atoms with Crippen LogP contribution in [0.25, 0.3) is 11.3 Å². The summed E-state index contributed by atoms with van der Waals surface area (Å²) < 4.78 is 11.1. The predicted octanol–water partition coefficient (Wildman–Crippen LogP) is 4.60. The van der Waals surface area contributed by atoms with Gasteiger partial charge in [-0.3, -0.25) is 4.79 Å². The van der Waals surface area contributed by atoms with Gasteiger partial charge in [-0.05, 0) is 25.2 Å². The van der Waals surface area contributed by atoms with Gasteiger partial charge in [-0.15, -0.1) is 0 Å². The number of benzene rings is 1. The van der Waals surface area contributed by atoms with Crippen molar-refractivity contribution in [3.63, 3.8) is 0 Å². The van der Waals surface area contributed by atoms with Crippen molar-refractivity contribution in [2.24, 2.45) is 11.8 Å². The number of hydrogen-bond donors (Lipinski definition) is 0. The SMILES string of the molecule is COCCCN(Cc1c(-c2ccccc2)noc1N1CCC(C)CC1)C(=O)C(C)C. The second-order valence-electron chi connectivity index (χ2n) is 8.61. The van der Waals surface area contributed by atoms with Crippen molar-refractivity contribution >= 4 is 11.8 Å². The fourth-order valence-electron chi connectivity index (χ4n) is 3.95. The summed E-state index contributed by atoms with van der Waals surface area (Å²) in [6.07, 6.45) is 3.09. The number of aromatic nitrogens is 1. The first-order valence-electron chi connectivity index (χ1n) is 11.1. The number of piperidine rings is 1. The zero-order valence-corrected chi connectivity index (χ0v) is 18.8. The largest absolute Gasteiger partial charge is 0.385 e. The molecule has 3 rings (SSSR count). The minimum Gasteiger partial charge on any atom is -0.385 e. The van der Waals surface area contributed by atoms with Gasteiger partial charge in [0.25, 0.3) is 0 Å². The third-order valence-corrected chi connectivity index (χ3v) is 5.82. The van der Waals surface area contributed by atoms with E-state index in [0.717, 1.165) is 61.0 Å². The first-order valence-corrected chi connectivity index (χ1v) is 11.1. The number of rotatable bonds is 9. The number of ether oxygens (including phenoxy) is 1. The summed E-state index contributed by atoms with van der Waals surface area (Å²) in [5.74, 6) is 1.62. The van der Waals surface area contributed by atoms with Crippen LogP contribution in [-0.2, 0) is 16.1 Å². The minimum absolute atomic E-state index is 0.0631. The second-order valence-corrected chi connectivity index (χ2v) is 8.61. The minimum atomic E-state index is -0.0631. The molecule has 6 nitrogen and oxygen atoms in total. The molecule has 1 aromatic carbocycles. The van der Waals surface area contributed by atoms with Crippen molar-refractivity contribution in [2.75, 3.05) is 38.3 Å². The molecule has 0 aliphatic carbocycles. The molecule has 1 saturated heterocycles. The maximum atomic E-state index is 13.0. The van der Waals surface area contributed by atoms with Gasteiger partial charge in [0.2, 0.25) is 11.8 Å². The highest BCUT2D eigenvalue weighted by Gasteiger charge is 2.28. The Morgan fingerprint density at radius 1 is 1.27 bits per heavy atom. The lowest BCUT2D eigenvalue weighted by Crippen LogP contribution is -2.37. The van der Waals surface area contributed by atoms with E-state index in [9.17, 15) is 4.79 Å². The van der Waals surface area contributed by atoms with Gasteiger partial charge >= 0.3 is 0 Å². The van der Waals surface area contributed by atoms with E-state index in [1.807, 2.05) is 49.1 Å². The van der Waals surface area contributed by atoms with Gasteiger partial charge in [0.05, 0.1) is 12.1 Å². The zero-order valence-electron chi connectivity index (χ0n) is 18.8. The standard InChI is InChI=1S/C24H35N3O3/c1-18(2)23(28)27(13-8-16-29-4)17-21-22(20-9-6-5-7-10-20)25-30-24(21)26-14-11-19(3)12-15-26/h5-7,9-10,18-19H,8,11-17H2,1-4H3. The normalized spacial score (nSPS) is 15.0. The van der Waals surface area contributed by atoms with Gasteiger partial charge < -0.3 is 19.1 Å². The van der Waals surface area contributed by atoms with Gasteiger partial charge in [0.1, 0.15) is 5.69 Å². The number of nitrogens with zero attached hydrogens (tertiary/aromatic N) is 3.